The van der Waals surface area contributed by atoms with Crippen LogP contribution in [0.3, 0.4) is 0 Å². The highest BCUT2D eigenvalue weighted by Crippen LogP contribution is 2.17. The standard InChI is InChI=1S/C19H30N4O2/c1-3-10-21-18(24)12-22-19(20-2)23-11-9-17(13-23)15-25-14-16-7-5-4-6-8-16/h4-8,17H,3,9-15H2,1-2H3,(H,20,22)(H,21,24). The molecule has 1 aliphatic rings. The summed E-state index contributed by atoms with van der Waals surface area (Å²) in [4.78, 5) is 18.2. The lowest BCUT2D eigenvalue weighted by Gasteiger charge is -2.21. The van der Waals surface area contributed by atoms with Gasteiger partial charge in [-0.3, -0.25) is 9.79 Å². The number of nitrogens with one attached hydrogen (secondary N) is 2. The molecule has 0 radical (unpaired) electrons. The van der Waals surface area contributed by atoms with Gasteiger partial charge in [-0.2, -0.15) is 0 Å². The molecule has 1 atom stereocenters. The number of aliphatic imine (C=N–C) groups is 1. The second kappa shape index (κ2) is 10.7. The number of benzene rings is 1. The zero-order chi connectivity index (χ0) is 17.9. The topological polar surface area (TPSA) is 66.0 Å². The third-order valence-electron chi connectivity index (χ3n) is 4.24. The van der Waals surface area contributed by atoms with Gasteiger partial charge in [0.2, 0.25) is 5.91 Å². The number of hydrogen-bond donors (Lipinski definition) is 2. The summed E-state index contributed by atoms with van der Waals surface area (Å²) < 4.78 is 5.86. The minimum absolute atomic E-state index is 0.00458. The molecule has 0 aromatic heterocycles. The Balaban J connectivity index is 1.68. The minimum atomic E-state index is 0.00458. The lowest BCUT2D eigenvalue weighted by atomic mass is 10.1. The molecule has 0 bridgehead atoms. The zero-order valence-corrected chi connectivity index (χ0v) is 15.3. The van der Waals surface area contributed by atoms with Gasteiger partial charge in [-0.25, -0.2) is 0 Å². The number of carbonyl (C=O) groups excluding carboxylic acids is 1. The molecule has 0 spiro atoms. The largest absolute Gasteiger partial charge is 0.376 e. The van der Waals surface area contributed by atoms with Crippen LogP contribution in [0.5, 0.6) is 0 Å². The smallest absolute Gasteiger partial charge is 0.239 e. The van der Waals surface area contributed by atoms with Crippen LogP contribution >= 0.6 is 0 Å². The number of amides is 1. The van der Waals surface area contributed by atoms with Gasteiger partial charge in [-0.05, 0) is 18.4 Å². The van der Waals surface area contributed by atoms with Crippen molar-refractivity contribution in [2.75, 3.05) is 39.8 Å². The third-order valence-corrected chi connectivity index (χ3v) is 4.24. The molecule has 6 heteroatoms. The highest BCUT2D eigenvalue weighted by molar-refractivity contribution is 5.86. The molecule has 1 aromatic rings. The maximum Gasteiger partial charge on any atom is 0.239 e. The third kappa shape index (κ3) is 6.74. The van der Waals surface area contributed by atoms with E-state index in [1.165, 1.54) is 5.56 Å². The molecule has 6 nitrogen and oxygen atoms in total. The van der Waals surface area contributed by atoms with Gasteiger partial charge in [-0.1, -0.05) is 37.3 Å². The predicted molar refractivity (Wildman–Crippen MR) is 100 cm³/mol. The van der Waals surface area contributed by atoms with Crippen LogP contribution in [0.15, 0.2) is 35.3 Å². The summed E-state index contributed by atoms with van der Waals surface area (Å²) in [6.07, 6.45) is 2.02. The van der Waals surface area contributed by atoms with Crippen molar-refractivity contribution in [2.24, 2.45) is 10.9 Å². The molecule has 1 fully saturated rings. The lowest BCUT2D eigenvalue weighted by Crippen LogP contribution is -2.44. The molecular formula is C19H30N4O2. The average Bonchev–Trinajstić information content (AvgIpc) is 3.10. The van der Waals surface area contributed by atoms with Gasteiger partial charge in [0.1, 0.15) is 0 Å². The Bertz CT molecular complexity index is 548. The van der Waals surface area contributed by atoms with Gasteiger partial charge in [0.05, 0.1) is 19.8 Å². The van der Waals surface area contributed by atoms with Crippen molar-refractivity contribution >= 4 is 11.9 Å². The van der Waals surface area contributed by atoms with Gasteiger partial charge < -0.3 is 20.3 Å². The van der Waals surface area contributed by atoms with Crippen molar-refractivity contribution in [2.45, 2.75) is 26.4 Å². The number of rotatable bonds is 8. The van der Waals surface area contributed by atoms with Crippen LogP contribution in [0, 0.1) is 5.92 Å². The van der Waals surface area contributed by atoms with Crippen molar-refractivity contribution in [1.82, 2.24) is 15.5 Å². The monoisotopic (exact) mass is 346 g/mol. The Hall–Kier alpha value is -2.08. The van der Waals surface area contributed by atoms with Gasteiger partial charge >= 0.3 is 0 Å². The molecule has 2 rings (SSSR count). The van der Waals surface area contributed by atoms with E-state index < -0.39 is 0 Å². The van der Waals surface area contributed by atoms with E-state index >= 15 is 0 Å². The molecule has 1 heterocycles. The fraction of sp³-hybridized carbons (Fsp3) is 0.579. The maximum absolute atomic E-state index is 11.7. The van der Waals surface area contributed by atoms with Crippen LogP contribution in [0.2, 0.25) is 0 Å². The number of hydrogen-bond acceptors (Lipinski definition) is 3. The summed E-state index contributed by atoms with van der Waals surface area (Å²) in [5.41, 5.74) is 1.20. The van der Waals surface area contributed by atoms with Crippen LogP contribution in [-0.2, 0) is 16.1 Å². The second-order valence-corrected chi connectivity index (χ2v) is 6.35. The fourth-order valence-corrected chi connectivity index (χ4v) is 2.90. The van der Waals surface area contributed by atoms with E-state index in [2.05, 4.69) is 32.7 Å². The van der Waals surface area contributed by atoms with Crippen LogP contribution in [-0.4, -0.2) is 56.6 Å². The van der Waals surface area contributed by atoms with Gasteiger partial charge in [0.25, 0.3) is 0 Å². The SMILES string of the molecule is CCCNC(=O)CNC(=NC)N1CCC(COCc2ccccc2)C1. The second-order valence-electron chi connectivity index (χ2n) is 6.35. The predicted octanol–water partition coefficient (Wildman–Crippen LogP) is 1.63. The first kappa shape index (κ1) is 19.2. The molecule has 1 unspecified atom stereocenters. The molecule has 0 aliphatic carbocycles. The molecule has 1 saturated heterocycles. The number of carbonyl (C=O) groups is 1. The zero-order valence-electron chi connectivity index (χ0n) is 15.3. The summed E-state index contributed by atoms with van der Waals surface area (Å²) in [5.74, 6) is 1.29. The molecule has 2 N–H and O–H groups in total. The molecule has 0 saturated carbocycles. The van der Waals surface area contributed by atoms with E-state index in [1.807, 2.05) is 25.1 Å². The van der Waals surface area contributed by atoms with Gasteiger partial charge in [-0.15, -0.1) is 0 Å². The average molecular weight is 346 g/mol. The van der Waals surface area contributed by atoms with Crippen LogP contribution in [0.4, 0.5) is 0 Å². The fourth-order valence-electron chi connectivity index (χ4n) is 2.90. The highest BCUT2D eigenvalue weighted by Gasteiger charge is 2.25. The van der Waals surface area contributed by atoms with E-state index in [0.717, 1.165) is 38.5 Å². The maximum atomic E-state index is 11.7. The van der Waals surface area contributed by atoms with Crippen molar-refractivity contribution in [3.05, 3.63) is 35.9 Å². The normalized spacial score (nSPS) is 17.6. The highest BCUT2D eigenvalue weighted by atomic mass is 16.5. The molecular weight excluding hydrogens is 316 g/mol. The summed E-state index contributed by atoms with van der Waals surface area (Å²) in [7, 11) is 1.76. The Morgan fingerprint density at radius 1 is 1.32 bits per heavy atom. The summed E-state index contributed by atoms with van der Waals surface area (Å²) >= 11 is 0. The van der Waals surface area contributed by atoms with E-state index in [1.54, 1.807) is 7.05 Å². The Labute approximate surface area is 150 Å². The van der Waals surface area contributed by atoms with Crippen molar-refractivity contribution in [1.29, 1.82) is 0 Å². The number of guanidine groups is 1. The molecule has 1 amide bonds. The van der Waals surface area contributed by atoms with E-state index in [-0.39, 0.29) is 12.5 Å². The molecule has 138 valence electrons. The quantitative estimate of drug-likeness (QED) is 0.555. The summed E-state index contributed by atoms with van der Waals surface area (Å²) in [6, 6.07) is 10.2. The first-order valence-electron chi connectivity index (χ1n) is 9.07. The van der Waals surface area contributed by atoms with Crippen molar-refractivity contribution in [3.8, 4) is 0 Å². The van der Waals surface area contributed by atoms with E-state index in [0.29, 0.717) is 19.1 Å². The number of nitrogens with zero attached hydrogens (tertiary/aromatic N) is 2. The van der Waals surface area contributed by atoms with Crippen LogP contribution < -0.4 is 10.6 Å². The Morgan fingerprint density at radius 2 is 2.12 bits per heavy atom. The van der Waals surface area contributed by atoms with Gasteiger partial charge in [0, 0.05) is 32.6 Å². The minimum Gasteiger partial charge on any atom is -0.376 e. The van der Waals surface area contributed by atoms with E-state index in [9.17, 15) is 4.79 Å². The number of ether oxygens (including phenoxy) is 1. The van der Waals surface area contributed by atoms with Gasteiger partial charge in [0.15, 0.2) is 5.96 Å². The molecule has 1 aromatic carbocycles. The molecule has 25 heavy (non-hydrogen) atoms. The summed E-state index contributed by atoms with van der Waals surface area (Å²) in [6.45, 7) is 6.26. The summed E-state index contributed by atoms with van der Waals surface area (Å²) in [5, 5.41) is 6.01. The lowest BCUT2D eigenvalue weighted by molar-refractivity contribution is -0.120. The van der Waals surface area contributed by atoms with E-state index in [4.69, 9.17) is 4.74 Å². The Morgan fingerprint density at radius 3 is 2.84 bits per heavy atom. The van der Waals surface area contributed by atoms with Crippen LogP contribution in [0.1, 0.15) is 25.3 Å². The number of likely N-dealkylation sites (tertiary alicyclic amines) is 1. The van der Waals surface area contributed by atoms with Crippen LogP contribution in [0.25, 0.3) is 0 Å². The Kier molecular flexibility index (Phi) is 8.25. The first-order chi connectivity index (χ1) is 12.2. The van der Waals surface area contributed by atoms with Crippen molar-refractivity contribution in [3.63, 3.8) is 0 Å². The molecule has 1 aliphatic heterocycles. The van der Waals surface area contributed by atoms with Crippen molar-refractivity contribution < 1.29 is 9.53 Å². The first-order valence-corrected chi connectivity index (χ1v) is 9.07.